The van der Waals surface area contributed by atoms with Crippen LogP contribution in [0.4, 0.5) is 0 Å². The summed E-state index contributed by atoms with van der Waals surface area (Å²) in [6.45, 7) is 8.18. The van der Waals surface area contributed by atoms with Gasteiger partial charge in [0.15, 0.2) is 6.10 Å². The Balaban J connectivity index is 1.89. The van der Waals surface area contributed by atoms with Crippen molar-refractivity contribution in [2.24, 2.45) is 0 Å². The Kier molecular flexibility index (Phi) is 6.05. The minimum atomic E-state index is -0.522. The molecular formula is C19H29NO3. The van der Waals surface area contributed by atoms with Gasteiger partial charge in [-0.3, -0.25) is 4.79 Å². The molecule has 0 saturated heterocycles. The maximum atomic E-state index is 12.3. The van der Waals surface area contributed by atoms with E-state index in [9.17, 15) is 9.90 Å². The van der Waals surface area contributed by atoms with Crippen molar-refractivity contribution in [3.63, 3.8) is 0 Å². The third-order valence-electron chi connectivity index (χ3n) is 4.59. The molecule has 0 bridgehead atoms. The second kappa shape index (κ2) is 7.82. The zero-order valence-corrected chi connectivity index (χ0v) is 14.6. The summed E-state index contributed by atoms with van der Waals surface area (Å²) in [4.78, 5) is 12.3. The van der Waals surface area contributed by atoms with Gasteiger partial charge in [-0.1, -0.05) is 19.9 Å². The van der Waals surface area contributed by atoms with Gasteiger partial charge in [-0.15, -0.1) is 0 Å². The van der Waals surface area contributed by atoms with Crippen LogP contribution in [0.3, 0.4) is 0 Å². The number of nitrogens with one attached hydrogen (secondary N) is 1. The summed E-state index contributed by atoms with van der Waals surface area (Å²) in [7, 11) is 0. The van der Waals surface area contributed by atoms with E-state index < -0.39 is 6.10 Å². The second-order valence-corrected chi connectivity index (χ2v) is 6.95. The number of aliphatic hydroxyl groups excluding tert-OH is 1. The highest BCUT2D eigenvalue weighted by atomic mass is 16.5. The van der Waals surface area contributed by atoms with E-state index in [1.165, 1.54) is 11.1 Å². The van der Waals surface area contributed by atoms with Crippen molar-refractivity contribution in [1.29, 1.82) is 0 Å². The molecule has 1 aromatic rings. The van der Waals surface area contributed by atoms with Crippen LogP contribution in [0.25, 0.3) is 0 Å². The molecule has 0 aromatic heterocycles. The van der Waals surface area contributed by atoms with Crippen molar-refractivity contribution in [2.45, 2.75) is 77.5 Å². The summed E-state index contributed by atoms with van der Waals surface area (Å²) in [5.41, 5.74) is 2.49. The molecule has 2 N–H and O–H groups in total. The Morgan fingerprint density at radius 1 is 1.22 bits per heavy atom. The van der Waals surface area contributed by atoms with Gasteiger partial charge in [-0.05, 0) is 68.7 Å². The SMILES string of the molecule is Cc1cc(OC(C)C(=O)NC2CCC(O)CC2)ccc1C(C)C. The molecule has 1 amide bonds. The first-order chi connectivity index (χ1) is 10.9. The van der Waals surface area contributed by atoms with Gasteiger partial charge in [0.05, 0.1) is 6.10 Å². The normalized spacial score (nSPS) is 22.7. The van der Waals surface area contributed by atoms with Gasteiger partial charge >= 0.3 is 0 Å². The fraction of sp³-hybridized carbons (Fsp3) is 0.632. The predicted molar refractivity (Wildman–Crippen MR) is 91.8 cm³/mol. The maximum Gasteiger partial charge on any atom is 0.260 e. The van der Waals surface area contributed by atoms with E-state index in [-0.39, 0.29) is 18.1 Å². The molecule has 0 heterocycles. The minimum absolute atomic E-state index is 0.0861. The number of amides is 1. The summed E-state index contributed by atoms with van der Waals surface area (Å²) in [5, 5.41) is 12.5. The van der Waals surface area contributed by atoms with Crippen LogP contribution in [-0.4, -0.2) is 29.3 Å². The lowest BCUT2D eigenvalue weighted by Crippen LogP contribution is -2.44. The lowest BCUT2D eigenvalue weighted by Gasteiger charge is -2.27. The van der Waals surface area contributed by atoms with Crippen molar-refractivity contribution in [2.75, 3.05) is 0 Å². The first-order valence-electron chi connectivity index (χ1n) is 8.62. The predicted octanol–water partition coefficient (Wildman–Crippen LogP) is 3.31. The van der Waals surface area contributed by atoms with Crippen LogP contribution in [0.5, 0.6) is 5.75 Å². The molecule has 23 heavy (non-hydrogen) atoms. The van der Waals surface area contributed by atoms with Crippen LogP contribution in [0, 0.1) is 6.92 Å². The van der Waals surface area contributed by atoms with Crippen LogP contribution >= 0.6 is 0 Å². The molecule has 1 unspecified atom stereocenters. The quantitative estimate of drug-likeness (QED) is 0.875. The Morgan fingerprint density at radius 3 is 2.43 bits per heavy atom. The number of aryl methyl sites for hydroxylation is 1. The van der Waals surface area contributed by atoms with Gasteiger partial charge < -0.3 is 15.2 Å². The number of rotatable bonds is 5. The monoisotopic (exact) mass is 319 g/mol. The average molecular weight is 319 g/mol. The number of hydrogen-bond acceptors (Lipinski definition) is 3. The van der Waals surface area contributed by atoms with E-state index in [4.69, 9.17) is 4.74 Å². The van der Waals surface area contributed by atoms with Crippen LogP contribution in [0.1, 0.15) is 63.5 Å². The number of ether oxygens (including phenoxy) is 1. The second-order valence-electron chi connectivity index (χ2n) is 6.95. The Bertz CT molecular complexity index is 533. The van der Waals surface area contributed by atoms with Gasteiger partial charge in [0.2, 0.25) is 0 Å². The van der Waals surface area contributed by atoms with Crippen LogP contribution < -0.4 is 10.1 Å². The van der Waals surface area contributed by atoms with Crippen molar-refractivity contribution in [3.05, 3.63) is 29.3 Å². The van der Waals surface area contributed by atoms with Crippen molar-refractivity contribution in [3.8, 4) is 5.75 Å². The summed E-state index contributed by atoms with van der Waals surface area (Å²) in [6.07, 6.45) is 2.46. The highest BCUT2D eigenvalue weighted by molar-refractivity contribution is 5.81. The highest BCUT2D eigenvalue weighted by Crippen LogP contribution is 2.24. The van der Waals surface area contributed by atoms with Gasteiger partial charge in [-0.2, -0.15) is 0 Å². The maximum absolute atomic E-state index is 12.3. The standard InChI is InChI=1S/C19H29NO3/c1-12(2)18-10-9-17(11-13(18)3)23-14(4)19(22)20-15-5-7-16(21)8-6-15/h9-12,14-16,21H,5-8H2,1-4H3,(H,20,22). The van der Waals surface area contributed by atoms with Gasteiger partial charge in [0.1, 0.15) is 5.75 Å². The summed E-state index contributed by atoms with van der Waals surface area (Å²) < 4.78 is 5.79. The Morgan fingerprint density at radius 2 is 1.87 bits per heavy atom. The van der Waals surface area contributed by atoms with E-state index in [0.29, 0.717) is 5.92 Å². The van der Waals surface area contributed by atoms with Crippen molar-refractivity contribution >= 4 is 5.91 Å². The molecule has 0 aliphatic heterocycles. The zero-order chi connectivity index (χ0) is 17.0. The number of benzene rings is 1. The summed E-state index contributed by atoms with van der Waals surface area (Å²) in [6, 6.07) is 6.16. The van der Waals surface area contributed by atoms with Gasteiger partial charge in [0.25, 0.3) is 5.91 Å². The first-order valence-corrected chi connectivity index (χ1v) is 8.62. The van der Waals surface area contributed by atoms with Gasteiger partial charge in [-0.25, -0.2) is 0 Å². The first kappa shape index (κ1) is 17.8. The zero-order valence-electron chi connectivity index (χ0n) is 14.6. The Hall–Kier alpha value is -1.55. The third-order valence-corrected chi connectivity index (χ3v) is 4.59. The fourth-order valence-corrected chi connectivity index (χ4v) is 3.17. The minimum Gasteiger partial charge on any atom is -0.481 e. The number of carbonyl (C=O) groups excluding carboxylic acids is 1. The van der Waals surface area contributed by atoms with E-state index in [1.807, 2.05) is 12.1 Å². The molecule has 4 nitrogen and oxygen atoms in total. The number of aliphatic hydroxyl groups is 1. The lowest BCUT2D eigenvalue weighted by molar-refractivity contribution is -0.128. The smallest absolute Gasteiger partial charge is 0.260 e. The van der Waals surface area contributed by atoms with Crippen molar-refractivity contribution < 1.29 is 14.6 Å². The molecule has 1 atom stereocenters. The molecule has 1 aliphatic rings. The molecule has 1 aliphatic carbocycles. The van der Waals surface area contributed by atoms with Crippen molar-refractivity contribution in [1.82, 2.24) is 5.32 Å². The van der Waals surface area contributed by atoms with Crippen LogP contribution in [-0.2, 0) is 4.79 Å². The van der Waals surface area contributed by atoms with Gasteiger partial charge in [0, 0.05) is 6.04 Å². The third kappa shape index (κ3) is 4.96. The summed E-state index contributed by atoms with van der Waals surface area (Å²) >= 11 is 0. The lowest BCUT2D eigenvalue weighted by atomic mass is 9.93. The molecule has 1 saturated carbocycles. The van der Waals surface area contributed by atoms with Crippen LogP contribution in [0.15, 0.2) is 18.2 Å². The molecule has 0 radical (unpaired) electrons. The number of carbonyl (C=O) groups is 1. The molecule has 1 fully saturated rings. The molecule has 0 spiro atoms. The highest BCUT2D eigenvalue weighted by Gasteiger charge is 2.23. The largest absolute Gasteiger partial charge is 0.481 e. The fourth-order valence-electron chi connectivity index (χ4n) is 3.17. The number of hydrogen-bond donors (Lipinski definition) is 2. The Labute approximate surface area is 139 Å². The molecule has 2 rings (SSSR count). The van der Waals surface area contributed by atoms with E-state index in [1.54, 1.807) is 6.92 Å². The van der Waals surface area contributed by atoms with E-state index >= 15 is 0 Å². The molecular weight excluding hydrogens is 290 g/mol. The molecule has 1 aromatic carbocycles. The topological polar surface area (TPSA) is 58.6 Å². The van der Waals surface area contributed by atoms with E-state index in [0.717, 1.165) is 31.4 Å². The average Bonchev–Trinajstić information content (AvgIpc) is 2.49. The van der Waals surface area contributed by atoms with E-state index in [2.05, 4.69) is 32.2 Å². The summed E-state index contributed by atoms with van der Waals surface area (Å²) in [5.74, 6) is 1.12. The van der Waals surface area contributed by atoms with Crippen LogP contribution in [0.2, 0.25) is 0 Å². The molecule has 4 heteroatoms. The molecule has 128 valence electrons.